The number of rotatable bonds is 30. The van der Waals surface area contributed by atoms with E-state index in [0.29, 0.717) is 26.4 Å². The quantitative estimate of drug-likeness (QED) is 0.0538. The second-order valence-electron chi connectivity index (χ2n) is 9.67. The zero-order chi connectivity index (χ0) is 25.7. The van der Waals surface area contributed by atoms with Crippen LogP contribution >= 0.6 is 7.82 Å². The number of ether oxygens (including phenoxy) is 1. The van der Waals surface area contributed by atoms with Gasteiger partial charge < -0.3 is 4.74 Å². The van der Waals surface area contributed by atoms with Crippen LogP contribution in [0.25, 0.3) is 0 Å². The second kappa shape index (κ2) is 28.4. The highest BCUT2D eigenvalue weighted by Gasteiger charge is 2.26. The molecule has 0 spiro atoms. The minimum absolute atomic E-state index is 0.196. The molecule has 35 heavy (non-hydrogen) atoms. The number of hydrogen-bond acceptors (Lipinski definition) is 5. The average Bonchev–Trinajstić information content (AvgIpc) is 2.86. The van der Waals surface area contributed by atoms with E-state index in [1.807, 2.05) is 0 Å². The van der Waals surface area contributed by atoms with E-state index in [4.69, 9.17) is 18.3 Å². The molecular weight excluding hydrogens is 459 g/mol. The van der Waals surface area contributed by atoms with Gasteiger partial charge in [0.1, 0.15) is 0 Å². The van der Waals surface area contributed by atoms with Gasteiger partial charge in [-0.25, -0.2) is 4.57 Å². The maximum absolute atomic E-state index is 13.0. The Morgan fingerprint density at radius 2 is 0.857 bits per heavy atom. The minimum atomic E-state index is -3.53. The molecule has 0 aliphatic heterocycles. The van der Waals surface area contributed by atoms with Gasteiger partial charge in [0.2, 0.25) is 0 Å². The number of phosphoric acid groups is 1. The van der Waals surface area contributed by atoms with Crippen molar-refractivity contribution in [2.75, 3.05) is 33.0 Å². The van der Waals surface area contributed by atoms with E-state index in [1.54, 1.807) is 6.08 Å². The van der Waals surface area contributed by atoms with Crippen LogP contribution in [0, 0.1) is 0 Å². The van der Waals surface area contributed by atoms with E-state index in [0.717, 1.165) is 25.7 Å². The Morgan fingerprint density at radius 3 is 1.23 bits per heavy atom. The molecule has 0 heterocycles. The first-order valence-electron chi connectivity index (χ1n) is 14.9. The van der Waals surface area contributed by atoms with Crippen LogP contribution in [0.5, 0.6) is 0 Å². The Labute approximate surface area is 218 Å². The third-order valence-corrected chi connectivity index (χ3v) is 7.70. The third-order valence-electron chi connectivity index (χ3n) is 6.21. The number of hydrogen-bond donors (Lipinski definition) is 0. The molecule has 0 fully saturated rings. The molecule has 0 aliphatic rings. The summed E-state index contributed by atoms with van der Waals surface area (Å²) in [7, 11) is -3.53. The third kappa shape index (κ3) is 26.7. The molecule has 0 bridgehead atoms. The number of unbranched alkanes of at least 4 members (excludes halogenated alkanes) is 18. The van der Waals surface area contributed by atoms with Crippen molar-refractivity contribution in [2.45, 2.75) is 142 Å². The van der Waals surface area contributed by atoms with Crippen LogP contribution in [0.3, 0.4) is 0 Å². The molecule has 0 radical (unpaired) electrons. The van der Waals surface area contributed by atoms with Gasteiger partial charge in [-0.15, -0.1) is 6.58 Å². The topological polar surface area (TPSA) is 54.0 Å². The minimum Gasteiger partial charge on any atom is -0.375 e. The molecule has 210 valence electrons. The van der Waals surface area contributed by atoms with Gasteiger partial charge in [0, 0.05) is 0 Å². The van der Waals surface area contributed by atoms with E-state index in [1.165, 1.54) is 103 Å². The first kappa shape index (κ1) is 34.8. The molecule has 0 saturated carbocycles. The fourth-order valence-electron chi connectivity index (χ4n) is 4.02. The van der Waals surface area contributed by atoms with E-state index < -0.39 is 7.82 Å². The van der Waals surface area contributed by atoms with Gasteiger partial charge in [-0.3, -0.25) is 13.6 Å². The summed E-state index contributed by atoms with van der Waals surface area (Å²) in [6, 6.07) is 0. The first-order chi connectivity index (χ1) is 17.2. The highest BCUT2D eigenvalue weighted by Crippen LogP contribution is 2.49. The zero-order valence-electron chi connectivity index (χ0n) is 23.5. The summed E-state index contributed by atoms with van der Waals surface area (Å²) in [6.45, 7) is 9.96. The Balaban J connectivity index is 3.94. The fraction of sp³-hybridized carbons (Fsp3) is 0.931. The molecule has 0 saturated heterocycles. The molecule has 6 heteroatoms. The van der Waals surface area contributed by atoms with E-state index in [2.05, 4.69) is 20.4 Å². The van der Waals surface area contributed by atoms with Crippen LogP contribution in [-0.2, 0) is 22.9 Å². The highest BCUT2D eigenvalue weighted by atomic mass is 31.2. The van der Waals surface area contributed by atoms with Crippen LogP contribution in [0.2, 0.25) is 0 Å². The fourth-order valence-corrected chi connectivity index (χ4v) is 5.25. The Kier molecular flexibility index (Phi) is 28.2. The summed E-state index contributed by atoms with van der Waals surface area (Å²) in [6.07, 6.45) is 26.7. The predicted octanol–water partition coefficient (Wildman–Crippen LogP) is 10.2. The second-order valence-corrected chi connectivity index (χ2v) is 11.3. The lowest BCUT2D eigenvalue weighted by atomic mass is 10.1. The van der Waals surface area contributed by atoms with Crippen molar-refractivity contribution in [1.82, 2.24) is 0 Å². The molecule has 0 aliphatic carbocycles. The summed E-state index contributed by atoms with van der Waals surface area (Å²) in [5, 5.41) is 0. The Bertz CT molecular complexity index is 442. The van der Waals surface area contributed by atoms with Crippen molar-refractivity contribution < 1.29 is 22.9 Å². The Hall–Kier alpha value is -0.190. The van der Waals surface area contributed by atoms with Gasteiger partial charge in [-0.2, -0.15) is 0 Å². The largest absolute Gasteiger partial charge is 0.474 e. The molecule has 5 nitrogen and oxygen atoms in total. The monoisotopic (exact) mass is 518 g/mol. The van der Waals surface area contributed by atoms with Crippen molar-refractivity contribution in [3.05, 3.63) is 12.7 Å². The molecule has 0 aromatic heterocycles. The molecule has 0 amide bonds. The van der Waals surface area contributed by atoms with Gasteiger partial charge in [0.15, 0.2) is 0 Å². The standard InChI is InChI=1S/C29H59O5P/c1-4-7-9-11-13-15-17-19-21-23-26-32-35(30,34-29-28-31-25-6-3)33-27-24-22-20-18-16-14-12-10-8-5-2/h6H,3-5,7-29H2,1-2H3. The van der Waals surface area contributed by atoms with Crippen LogP contribution in [0.4, 0.5) is 0 Å². The lowest BCUT2D eigenvalue weighted by Gasteiger charge is -2.18. The van der Waals surface area contributed by atoms with Gasteiger partial charge >= 0.3 is 7.82 Å². The van der Waals surface area contributed by atoms with Gasteiger partial charge in [-0.05, 0) is 12.8 Å². The SMILES string of the molecule is C=CCOCCOP(=O)(OCCCCCCCCCCCC)OCCCCCCCCCCCC. The average molecular weight is 519 g/mol. The maximum Gasteiger partial charge on any atom is 0.474 e. The molecule has 0 rings (SSSR count). The lowest BCUT2D eigenvalue weighted by molar-refractivity contribution is 0.0726. The molecule has 0 aromatic carbocycles. The van der Waals surface area contributed by atoms with E-state index >= 15 is 0 Å². The predicted molar refractivity (Wildman–Crippen MR) is 150 cm³/mol. The van der Waals surface area contributed by atoms with Crippen LogP contribution < -0.4 is 0 Å². The molecule has 0 unspecified atom stereocenters. The van der Waals surface area contributed by atoms with Gasteiger partial charge in [0.05, 0.1) is 33.0 Å². The molecule has 0 atom stereocenters. The van der Waals surface area contributed by atoms with Crippen LogP contribution in [0.1, 0.15) is 142 Å². The molecule has 0 aromatic rings. The van der Waals surface area contributed by atoms with Crippen molar-refractivity contribution in [2.24, 2.45) is 0 Å². The lowest BCUT2D eigenvalue weighted by Crippen LogP contribution is -2.08. The van der Waals surface area contributed by atoms with Crippen molar-refractivity contribution in [1.29, 1.82) is 0 Å². The summed E-state index contributed by atoms with van der Waals surface area (Å²) in [5.74, 6) is 0. The molecular formula is C29H59O5P. The van der Waals surface area contributed by atoms with Crippen LogP contribution in [-0.4, -0.2) is 33.0 Å². The Morgan fingerprint density at radius 1 is 0.514 bits per heavy atom. The van der Waals surface area contributed by atoms with Gasteiger partial charge in [-0.1, -0.05) is 135 Å². The summed E-state index contributed by atoms with van der Waals surface area (Å²) >= 11 is 0. The van der Waals surface area contributed by atoms with Gasteiger partial charge in [0.25, 0.3) is 0 Å². The molecule has 0 N–H and O–H groups in total. The van der Waals surface area contributed by atoms with E-state index in [-0.39, 0.29) is 6.61 Å². The normalized spacial score (nSPS) is 11.8. The summed E-state index contributed by atoms with van der Waals surface area (Å²) in [5.41, 5.74) is 0. The van der Waals surface area contributed by atoms with Crippen molar-refractivity contribution in [3.8, 4) is 0 Å². The smallest absolute Gasteiger partial charge is 0.375 e. The van der Waals surface area contributed by atoms with Crippen LogP contribution in [0.15, 0.2) is 12.7 Å². The maximum atomic E-state index is 13.0. The summed E-state index contributed by atoms with van der Waals surface area (Å²) < 4.78 is 35.1. The van der Waals surface area contributed by atoms with E-state index in [9.17, 15) is 4.57 Å². The highest BCUT2D eigenvalue weighted by molar-refractivity contribution is 7.48. The van der Waals surface area contributed by atoms with Crippen molar-refractivity contribution in [3.63, 3.8) is 0 Å². The number of phosphoric ester groups is 1. The first-order valence-corrected chi connectivity index (χ1v) is 16.4. The van der Waals surface area contributed by atoms with Crippen molar-refractivity contribution >= 4 is 7.82 Å². The summed E-state index contributed by atoms with van der Waals surface area (Å²) in [4.78, 5) is 0. The zero-order valence-corrected chi connectivity index (χ0v) is 24.3.